The number of rotatable bonds is 5. The van der Waals surface area contributed by atoms with Crippen LogP contribution in [0.2, 0.25) is 5.02 Å². The summed E-state index contributed by atoms with van der Waals surface area (Å²) in [6, 6.07) is 4.75. The van der Waals surface area contributed by atoms with E-state index in [-0.39, 0.29) is 23.6 Å². The van der Waals surface area contributed by atoms with E-state index in [9.17, 15) is 13.2 Å². The molecular formula is C17H25ClN2O4S2. The van der Waals surface area contributed by atoms with Crippen LogP contribution in [0.5, 0.6) is 5.75 Å². The Labute approximate surface area is 164 Å². The second-order valence-corrected chi connectivity index (χ2v) is 11.4. The molecule has 1 N–H and O–H groups in total. The van der Waals surface area contributed by atoms with E-state index in [0.717, 1.165) is 12.0 Å². The van der Waals surface area contributed by atoms with Gasteiger partial charge in [-0.1, -0.05) is 32.4 Å². The number of amides is 1. The maximum Gasteiger partial charge on any atom is 0.261 e. The van der Waals surface area contributed by atoms with E-state index in [2.05, 4.69) is 26.1 Å². The zero-order valence-corrected chi connectivity index (χ0v) is 17.8. The van der Waals surface area contributed by atoms with Crippen molar-refractivity contribution in [1.82, 2.24) is 5.32 Å². The highest BCUT2D eigenvalue weighted by Crippen LogP contribution is 2.36. The molecule has 1 aromatic carbocycles. The molecule has 1 heterocycles. The number of nitrogens with one attached hydrogen (secondary N) is 1. The lowest BCUT2D eigenvalue weighted by atomic mass is 10.2. The molecule has 0 fully saturated rings. The van der Waals surface area contributed by atoms with Gasteiger partial charge in [-0.2, -0.15) is 11.8 Å². The number of anilines is 1. The SMILES string of the molecule is CC(C)(C)SCCNC(=O)[C@@H]1CCN(S(C)(=O)=O)c2cc(Cl)ccc2O1. The standard InChI is InChI=1S/C17H25ClN2O4S2/c1-17(2,3)25-10-8-19-16(21)15-7-9-20(26(4,22)23)13-11-12(18)5-6-14(13)24-15/h5-6,11,15H,7-10H2,1-4H3,(H,19,21)/t15-/m0/s1. The first kappa shape index (κ1) is 21.2. The molecule has 0 saturated carbocycles. The Bertz CT molecular complexity index is 763. The molecule has 0 spiro atoms. The Balaban J connectivity index is 2.10. The summed E-state index contributed by atoms with van der Waals surface area (Å²) in [5.41, 5.74) is 0.360. The van der Waals surface area contributed by atoms with E-state index in [0.29, 0.717) is 23.0 Å². The first-order valence-electron chi connectivity index (χ1n) is 8.33. The third kappa shape index (κ3) is 5.96. The molecule has 0 aliphatic carbocycles. The molecule has 1 aliphatic heterocycles. The van der Waals surface area contributed by atoms with Gasteiger partial charge in [0.15, 0.2) is 6.10 Å². The average Bonchev–Trinajstić information content (AvgIpc) is 2.69. The van der Waals surface area contributed by atoms with Gasteiger partial charge in [0.1, 0.15) is 5.75 Å². The minimum atomic E-state index is -3.51. The van der Waals surface area contributed by atoms with Gasteiger partial charge in [-0.05, 0) is 18.2 Å². The van der Waals surface area contributed by atoms with Crippen molar-refractivity contribution >= 4 is 45.0 Å². The molecule has 0 bridgehead atoms. The van der Waals surface area contributed by atoms with Gasteiger partial charge in [-0.3, -0.25) is 9.10 Å². The zero-order valence-electron chi connectivity index (χ0n) is 15.4. The summed E-state index contributed by atoms with van der Waals surface area (Å²) in [6.45, 7) is 7.05. The predicted octanol–water partition coefficient (Wildman–Crippen LogP) is 2.91. The van der Waals surface area contributed by atoms with E-state index in [1.54, 1.807) is 23.9 Å². The third-order valence-corrected chi connectivity index (χ3v) is 6.37. The van der Waals surface area contributed by atoms with E-state index in [1.165, 1.54) is 10.4 Å². The van der Waals surface area contributed by atoms with Crippen LogP contribution in [0.25, 0.3) is 0 Å². The fourth-order valence-corrected chi connectivity index (χ4v) is 4.45. The molecule has 0 unspecified atom stereocenters. The van der Waals surface area contributed by atoms with E-state index in [1.807, 2.05) is 0 Å². The maximum atomic E-state index is 12.5. The van der Waals surface area contributed by atoms with Gasteiger partial charge >= 0.3 is 0 Å². The molecule has 9 heteroatoms. The Morgan fingerprint density at radius 3 is 2.73 bits per heavy atom. The number of benzene rings is 1. The smallest absolute Gasteiger partial charge is 0.261 e. The van der Waals surface area contributed by atoms with Crippen LogP contribution in [0.15, 0.2) is 18.2 Å². The molecule has 6 nitrogen and oxygen atoms in total. The molecule has 146 valence electrons. The molecule has 1 atom stereocenters. The summed E-state index contributed by atoms with van der Waals surface area (Å²) < 4.78 is 31.4. The van der Waals surface area contributed by atoms with Crippen molar-refractivity contribution in [2.75, 3.05) is 29.4 Å². The first-order valence-corrected chi connectivity index (χ1v) is 11.5. The molecule has 1 aliphatic rings. The highest BCUT2D eigenvalue weighted by atomic mass is 35.5. The third-order valence-electron chi connectivity index (χ3n) is 3.68. The fraction of sp³-hybridized carbons (Fsp3) is 0.588. The number of nitrogens with zero attached hydrogens (tertiary/aromatic N) is 1. The normalized spacial score (nSPS) is 17.9. The van der Waals surface area contributed by atoms with Gasteiger partial charge in [0, 0.05) is 35.0 Å². The largest absolute Gasteiger partial charge is 0.478 e. The van der Waals surface area contributed by atoms with E-state index in [4.69, 9.17) is 16.3 Å². The Morgan fingerprint density at radius 1 is 1.42 bits per heavy atom. The Morgan fingerprint density at radius 2 is 2.12 bits per heavy atom. The van der Waals surface area contributed by atoms with Crippen LogP contribution < -0.4 is 14.4 Å². The van der Waals surface area contributed by atoms with Crippen molar-refractivity contribution in [2.24, 2.45) is 0 Å². The summed E-state index contributed by atoms with van der Waals surface area (Å²) in [6.07, 6.45) is 0.640. The quantitative estimate of drug-likeness (QED) is 0.741. The average molecular weight is 421 g/mol. The van der Waals surface area contributed by atoms with E-state index < -0.39 is 16.1 Å². The van der Waals surface area contributed by atoms with Crippen LogP contribution in [-0.2, 0) is 14.8 Å². The minimum absolute atomic E-state index is 0.137. The number of sulfonamides is 1. The van der Waals surface area contributed by atoms with Crippen molar-refractivity contribution in [3.63, 3.8) is 0 Å². The van der Waals surface area contributed by atoms with Gasteiger partial charge in [0.25, 0.3) is 5.91 Å². The number of hydrogen-bond donors (Lipinski definition) is 1. The van der Waals surface area contributed by atoms with Crippen molar-refractivity contribution in [3.05, 3.63) is 23.2 Å². The minimum Gasteiger partial charge on any atom is -0.478 e. The fourth-order valence-electron chi connectivity index (χ4n) is 2.53. The molecule has 0 radical (unpaired) electrons. The lowest BCUT2D eigenvalue weighted by molar-refractivity contribution is -0.127. The Hall–Kier alpha value is -1.12. The van der Waals surface area contributed by atoms with Crippen LogP contribution in [-0.4, -0.2) is 50.3 Å². The highest BCUT2D eigenvalue weighted by molar-refractivity contribution is 8.00. The number of thioether (sulfide) groups is 1. The number of carbonyl (C=O) groups excluding carboxylic acids is 1. The van der Waals surface area contributed by atoms with Crippen molar-refractivity contribution in [2.45, 2.75) is 38.0 Å². The monoisotopic (exact) mass is 420 g/mol. The molecule has 1 aromatic rings. The molecular weight excluding hydrogens is 396 g/mol. The van der Waals surface area contributed by atoms with Crippen molar-refractivity contribution < 1.29 is 17.9 Å². The van der Waals surface area contributed by atoms with Crippen molar-refractivity contribution in [3.8, 4) is 5.75 Å². The zero-order chi connectivity index (χ0) is 19.5. The summed E-state index contributed by atoms with van der Waals surface area (Å²) >= 11 is 7.77. The van der Waals surface area contributed by atoms with Crippen LogP contribution in [0.1, 0.15) is 27.2 Å². The lowest BCUT2D eigenvalue weighted by Crippen LogP contribution is -2.40. The highest BCUT2D eigenvalue weighted by Gasteiger charge is 2.31. The second-order valence-electron chi connectivity index (χ2n) is 7.09. The molecule has 26 heavy (non-hydrogen) atoms. The van der Waals surface area contributed by atoms with Gasteiger partial charge in [-0.15, -0.1) is 0 Å². The predicted molar refractivity (Wildman–Crippen MR) is 108 cm³/mol. The summed E-state index contributed by atoms with van der Waals surface area (Å²) in [5.74, 6) is 0.890. The molecule has 1 amide bonds. The summed E-state index contributed by atoms with van der Waals surface area (Å²) in [5, 5.41) is 3.28. The van der Waals surface area contributed by atoms with Crippen LogP contribution in [0, 0.1) is 0 Å². The van der Waals surface area contributed by atoms with Gasteiger partial charge in [-0.25, -0.2) is 8.42 Å². The summed E-state index contributed by atoms with van der Waals surface area (Å²) in [4.78, 5) is 12.5. The number of carbonyl (C=O) groups is 1. The van der Waals surface area contributed by atoms with Gasteiger partial charge in [0.05, 0.1) is 11.9 Å². The number of halogens is 1. The second kappa shape index (κ2) is 8.27. The van der Waals surface area contributed by atoms with Crippen molar-refractivity contribution in [1.29, 1.82) is 0 Å². The molecule has 0 aromatic heterocycles. The Kier molecular flexibility index (Phi) is 6.74. The number of fused-ring (bicyclic) bond motifs is 1. The van der Waals surface area contributed by atoms with Crippen LogP contribution >= 0.6 is 23.4 Å². The molecule has 2 rings (SSSR count). The molecule has 0 saturated heterocycles. The summed E-state index contributed by atoms with van der Waals surface area (Å²) in [7, 11) is -3.51. The number of hydrogen-bond acceptors (Lipinski definition) is 5. The maximum absolute atomic E-state index is 12.5. The topological polar surface area (TPSA) is 75.7 Å². The van der Waals surface area contributed by atoms with Gasteiger partial charge in [0.2, 0.25) is 10.0 Å². The first-order chi connectivity index (χ1) is 12.0. The number of ether oxygens (including phenoxy) is 1. The van der Waals surface area contributed by atoms with Crippen LogP contribution in [0.3, 0.4) is 0 Å². The van der Waals surface area contributed by atoms with Gasteiger partial charge < -0.3 is 10.1 Å². The lowest BCUT2D eigenvalue weighted by Gasteiger charge is -2.21. The van der Waals surface area contributed by atoms with Crippen LogP contribution in [0.4, 0.5) is 5.69 Å². The van der Waals surface area contributed by atoms with E-state index >= 15 is 0 Å².